The fraction of sp³-hybridized carbons (Fsp3) is 0.429. The summed E-state index contributed by atoms with van der Waals surface area (Å²) in [5.41, 5.74) is 0. The van der Waals surface area contributed by atoms with Gasteiger partial charge >= 0.3 is 0 Å². The molecule has 0 saturated carbocycles. The van der Waals surface area contributed by atoms with Gasteiger partial charge < -0.3 is 4.42 Å². The number of rotatable bonds is 1. The van der Waals surface area contributed by atoms with E-state index in [0.717, 1.165) is 22.8 Å². The van der Waals surface area contributed by atoms with Gasteiger partial charge in [0.25, 0.3) is 0 Å². The van der Waals surface area contributed by atoms with Crippen molar-refractivity contribution in [2.75, 3.05) is 0 Å². The summed E-state index contributed by atoms with van der Waals surface area (Å²) in [6, 6.07) is 1.93. The van der Waals surface area contributed by atoms with Crippen molar-refractivity contribution < 1.29 is 4.42 Å². The Hall–Kier alpha value is -0.370. The summed E-state index contributed by atoms with van der Waals surface area (Å²) < 4.78 is 5.29. The highest BCUT2D eigenvalue weighted by Gasteiger charge is 2.00. The first-order valence-electron chi connectivity index (χ1n) is 3.02. The van der Waals surface area contributed by atoms with E-state index in [1.807, 2.05) is 13.0 Å². The van der Waals surface area contributed by atoms with Gasteiger partial charge in [-0.2, -0.15) is 0 Å². The highest BCUT2D eigenvalue weighted by Crippen LogP contribution is 2.18. The zero-order valence-electron chi connectivity index (χ0n) is 5.64. The van der Waals surface area contributed by atoms with Gasteiger partial charge in [-0.1, -0.05) is 6.92 Å². The maximum absolute atomic E-state index is 5.29. The summed E-state index contributed by atoms with van der Waals surface area (Å²) in [7, 11) is 0. The summed E-state index contributed by atoms with van der Waals surface area (Å²) in [5, 5.41) is 0. The highest BCUT2D eigenvalue weighted by atomic mass is 32.1. The van der Waals surface area contributed by atoms with E-state index < -0.39 is 0 Å². The molecule has 50 valence electrons. The van der Waals surface area contributed by atoms with Crippen LogP contribution in [-0.4, -0.2) is 0 Å². The molecular weight excluding hydrogens is 132 g/mol. The molecule has 1 aromatic heterocycles. The fourth-order valence-electron chi connectivity index (χ4n) is 0.802. The lowest BCUT2D eigenvalue weighted by Crippen LogP contribution is -1.72. The number of aryl methyl sites for hydroxylation is 2. The van der Waals surface area contributed by atoms with Gasteiger partial charge in [-0.15, -0.1) is 12.6 Å². The Labute approximate surface area is 60.5 Å². The normalized spacial score (nSPS) is 10.1. The Balaban J connectivity index is 3.01. The van der Waals surface area contributed by atoms with E-state index in [0.29, 0.717) is 0 Å². The molecule has 0 bridgehead atoms. The molecule has 1 heterocycles. The Kier molecular flexibility index (Phi) is 1.86. The van der Waals surface area contributed by atoms with Crippen LogP contribution >= 0.6 is 12.6 Å². The van der Waals surface area contributed by atoms with Gasteiger partial charge in [0.05, 0.1) is 0 Å². The third kappa shape index (κ3) is 1.30. The maximum Gasteiger partial charge on any atom is 0.117 e. The van der Waals surface area contributed by atoms with Gasteiger partial charge in [-0.3, -0.25) is 0 Å². The van der Waals surface area contributed by atoms with E-state index in [-0.39, 0.29) is 0 Å². The molecule has 0 aliphatic carbocycles. The summed E-state index contributed by atoms with van der Waals surface area (Å²) in [6.45, 7) is 3.98. The van der Waals surface area contributed by atoms with Gasteiger partial charge in [-0.25, -0.2) is 0 Å². The number of thiol groups is 1. The summed E-state index contributed by atoms with van der Waals surface area (Å²) in [4.78, 5) is 0.968. The van der Waals surface area contributed by atoms with Crippen molar-refractivity contribution >= 4 is 12.6 Å². The topological polar surface area (TPSA) is 13.1 Å². The zero-order valence-corrected chi connectivity index (χ0v) is 6.53. The molecule has 0 spiro atoms. The Morgan fingerprint density at radius 1 is 1.67 bits per heavy atom. The Morgan fingerprint density at radius 3 is 2.56 bits per heavy atom. The molecule has 0 radical (unpaired) electrons. The monoisotopic (exact) mass is 142 g/mol. The summed E-state index contributed by atoms with van der Waals surface area (Å²) in [5.74, 6) is 1.92. The van der Waals surface area contributed by atoms with E-state index >= 15 is 0 Å². The molecule has 0 amide bonds. The third-order valence-corrected chi connectivity index (χ3v) is 1.61. The maximum atomic E-state index is 5.29. The minimum absolute atomic E-state index is 0.923. The van der Waals surface area contributed by atoms with Crippen LogP contribution in [0.3, 0.4) is 0 Å². The van der Waals surface area contributed by atoms with Crippen molar-refractivity contribution in [3.8, 4) is 0 Å². The average Bonchev–Trinajstić information content (AvgIpc) is 2.10. The molecule has 0 N–H and O–H groups in total. The summed E-state index contributed by atoms with van der Waals surface area (Å²) >= 11 is 4.21. The van der Waals surface area contributed by atoms with E-state index in [1.165, 1.54) is 0 Å². The van der Waals surface area contributed by atoms with Crippen molar-refractivity contribution in [3.05, 3.63) is 17.6 Å². The van der Waals surface area contributed by atoms with E-state index in [9.17, 15) is 0 Å². The lowest BCUT2D eigenvalue weighted by molar-refractivity contribution is 0.482. The van der Waals surface area contributed by atoms with Crippen LogP contribution in [0.2, 0.25) is 0 Å². The van der Waals surface area contributed by atoms with Crippen LogP contribution in [0.5, 0.6) is 0 Å². The smallest absolute Gasteiger partial charge is 0.117 e. The van der Waals surface area contributed by atoms with Crippen molar-refractivity contribution in [3.63, 3.8) is 0 Å². The largest absolute Gasteiger partial charge is 0.465 e. The number of furan rings is 1. The minimum Gasteiger partial charge on any atom is -0.465 e. The van der Waals surface area contributed by atoms with Crippen LogP contribution in [0, 0.1) is 6.92 Å². The minimum atomic E-state index is 0.923. The highest BCUT2D eigenvalue weighted by molar-refractivity contribution is 7.80. The molecule has 0 unspecified atom stereocenters. The van der Waals surface area contributed by atoms with Crippen LogP contribution in [-0.2, 0) is 6.42 Å². The second kappa shape index (κ2) is 2.48. The Bertz CT molecular complexity index is 203. The molecule has 0 aliphatic heterocycles. The standard InChI is InChI=1S/C7H10OS/c1-3-6-7(9)4-5(2)8-6/h4,9H,3H2,1-2H3. The SMILES string of the molecule is CCc1oc(C)cc1S. The molecule has 9 heavy (non-hydrogen) atoms. The van der Waals surface area contributed by atoms with Gasteiger partial charge in [0.2, 0.25) is 0 Å². The predicted octanol–water partition coefficient (Wildman–Crippen LogP) is 2.44. The van der Waals surface area contributed by atoms with E-state index in [1.54, 1.807) is 0 Å². The third-order valence-electron chi connectivity index (χ3n) is 1.23. The zero-order chi connectivity index (χ0) is 6.85. The molecule has 0 saturated heterocycles. The van der Waals surface area contributed by atoms with Gasteiger partial charge in [0.15, 0.2) is 0 Å². The second-order valence-corrected chi connectivity index (χ2v) is 2.50. The quantitative estimate of drug-likeness (QED) is 0.594. The Morgan fingerprint density at radius 2 is 2.33 bits per heavy atom. The summed E-state index contributed by atoms with van der Waals surface area (Å²) in [6.07, 6.45) is 0.923. The van der Waals surface area contributed by atoms with Gasteiger partial charge in [-0.05, 0) is 13.0 Å². The molecule has 1 rings (SSSR count). The molecule has 0 atom stereocenters. The molecule has 0 fully saturated rings. The molecule has 1 nitrogen and oxygen atoms in total. The van der Waals surface area contributed by atoms with Crippen molar-refractivity contribution in [2.45, 2.75) is 25.2 Å². The van der Waals surface area contributed by atoms with Crippen molar-refractivity contribution in [1.82, 2.24) is 0 Å². The van der Waals surface area contributed by atoms with Crippen LogP contribution in [0.25, 0.3) is 0 Å². The number of hydrogen-bond acceptors (Lipinski definition) is 2. The second-order valence-electron chi connectivity index (χ2n) is 2.02. The average molecular weight is 142 g/mol. The first-order valence-corrected chi connectivity index (χ1v) is 3.47. The lowest BCUT2D eigenvalue weighted by atomic mass is 10.3. The van der Waals surface area contributed by atoms with Crippen LogP contribution in [0.1, 0.15) is 18.4 Å². The first kappa shape index (κ1) is 6.75. The van der Waals surface area contributed by atoms with Crippen molar-refractivity contribution in [2.24, 2.45) is 0 Å². The van der Waals surface area contributed by atoms with Crippen LogP contribution < -0.4 is 0 Å². The van der Waals surface area contributed by atoms with E-state index in [4.69, 9.17) is 4.42 Å². The van der Waals surface area contributed by atoms with Crippen molar-refractivity contribution in [1.29, 1.82) is 0 Å². The fourth-order valence-corrected chi connectivity index (χ4v) is 1.19. The van der Waals surface area contributed by atoms with E-state index in [2.05, 4.69) is 19.6 Å². The first-order chi connectivity index (χ1) is 4.24. The molecule has 0 aliphatic rings. The molecular formula is C7H10OS. The van der Waals surface area contributed by atoms with Gasteiger partial charge in [0.1, 0.15) is 11.5 Å². The van der Waals surface area contributed by atoms with Gasteiger partial charge in [0, 0.05) is 11.3 Å². The molecule has 2 heteroatoms. The van der Waals surface area contributed by atoms with Crippen LogP contribution in [0.15, 0.2) is 15.4 Å². The van der Waals surface area contributed by atoms with Crippen LogP contribution in [0.4, 0.5) is 0 Å². The molecule has 1 aromatic rings. The lowest BCUT2D eigenvalue weighted by Gasteiger charge is -1.87. The number of hydrogen-bond donors (Lipinski definition) is 1. The predicted molar refractivity (Wildman–Crippen MR) is 40.1 cm³/mol. The molecule has 0 aromatic carbocycles.